The van der Waals surface area contributed by atoms with Crippen molar-refractivity contribution in [2.24, 2.45) is 22.1 Å². The number of aromatic nitrogens is 3. The second kappa shape index (κ2) is 21.0. The topological polar surface area (TPSA) is 281 Å². The van der Waals surface area contributed by atoms with Crippen molar-refractivity contribution in [1.29, 1.82) is 0 Å². The SMILES string of the molecule is Cc1sc2c(c1C)C(c1ccc(Cl)cc1)=N[C@@H](CC(=O)NC[C@H]1NC(=O)CNC(=O)[C@@H](C)NC(=O)[C@@H]3C[C@@H](C)CN3C(=O)[C@H](C(C)(C)C)NC(=O)CSC[C@H](C(N)=O)NC1=O)c1nnc(C)n1-2. The average Bonchev–Trinajstić information content (AvgIpc) is 3.91. The normalized spacial score (nSPS) is 24.8. The highest BCUT2D eigenvalue weighted by atomic mass is 35.5. The Labute approximate surface area is 401 Å². The van der Waals surface area contributed by atoms with Gasteiger partial charge in [0.15, 0.2) is 5.82 Å². The molecule has 0 aliphatic carbocycles. The minimum absolute atomic E-state index is 0.0590. The number of aliphatic imine (C=N–C) groups is 1. The van der Waals surface area contributed by atoms with E-state index in [1.54, 1.807) is 51.2 Å². The number of thiophene rings is 1. The van der Waals surface area contributed by atoms with Gasteiger partial charge in [-0.2, -0.15) is 0 Å². The molecule has 20 nitrogen and oxygen atoms in total. The zero-order valence-corrected chi connectivity index (χ0v) is 41.0. The van der Waals surface area contributed by atoms with Crippen LogP contribution < -0.4 is 37.6 Å². The summed E-state index contributed by atoms with van der Waals surface area (Å²) in [6.07, 6.45) is 0.0588. The molecule has 0 spiro atoms. The Bertz CT molecular complexity index is 2480. The monoisotopic (exact) mass is 980 g/mol. The Morgan fingerprint density at radius 3 is 2.30 bits per heavy atom. The largest absolute Gasteiger partial charge is 0.368 e. The number of carbonyl (C=O) groups is 8. The van der Waals surface area contributed by atoms with Crippen molar-refractivity contribution in [2.45, 2.75) is 104 Å². The van der Waals surface area contributed by atoms with Crippen LogP contribution in [0.15, 0.2) is 29.3 Å². The molecule has 8 amide bonds. The first-order chi connectivity index (χ1) is 31.5. The maximum atomic E-state index is 14.1. The molecule has 3 aliphatic rings. The Morgan fingerprint density at radius 1 is 0.925 bits per heavy atom. The Hall–Kier alpha value is -5.87. The molecular weight excluding hydrogens is 924 g/mol. The van der Waals surface area contributed by atoms with E-state index in [1.807, 2.05) is 37.5 Å². The Morgan fingerprint density at radius 2 is 1.63 bits per heavy atom. The number of fused-ring (bicyclic) bond motifs is 4. The number of nitrogens with zero attached hydrogens (tertiary/aromatic N) is 5. The summed E-state index contributed by atoms with van der Waals surface area (Å²) in [7, 11) is 0. The number of benzene rings is 1. The van der Waals surface area contributed by atoms with Crippen LogP contribution in [0.1, 0.15) is 86.7 Å². The van der Waals surface area contributed by atoms with E-state index in [2.05, 4.69) is 42.1 Å². The number of amides is 8. The summed E-state index contributed by atoms with van der Waals surface area (Å²) < 4.78 is 1.88. The number of thioether (sulfide) groups is 1. The molecule has 23 heteroatoms. The predicted octanol–water partition coefficient (Wildman–Crippen LogP) is 0.896. The van der Waals surface area contributed by atoms with Gasteiger partial charge in [-0.25, -0.2) is 0 Å². The third-order valence-corrected chi connectivity index (χ3v) is 14.2. The van der Waals surface area contributed by atoms with Crippen LogP contribution in [-0.2, 0) is 38.4 Å². The molecule has 1 aromatic carbocycles. The molecule has 5 heterocycles. The smallest absolute Gasteiger partial charge is 0.246 e. The van der Waals surface area contributed by atoms with Crippen LogP contribution in [0.25, 0.3) is 5.00 Å². The first-order valence-electron chi connectivity index (χ1n) is 21.8. The van der Waals surface area contributed by atoms with E-state index in [0.717, 1.165) is 38.3 Å². The molecule has 0 radical (unpaired) electrons. The third kappa shape index (κ3) is 11.8. The fourth-order valence-corrected chi connectivity index (χ4v) is 10.2. The molecule has 2 saturated heterocycles. The second-order valence-corrected chi connectivity index (χ2v) is 20.8. The summed E-state index contributed by atoms with van der Waals surface area (Å²) in [5.41, 5.74) is 8.16. The van der Waals surface area contributed by atoms with Crippen LogP contribution in [0.3, 0.4) is 0 Å². The molecule has 2 aromatic heterocycles. The first-order valence-corrected chi connectivity index (χ1v) is 24.2. The third-order valence-electron chi connectivity index (χ3n) is 11.8. The van der Waals surface area contributed by atoms with Gasteiger partial charge in [-0.3, -0.25) is 47.9 Å². The molecular formula is C44H57ClN12O8S2. The molecule has 0 unspecified atom stereocenters. The van der Waals surface area contributed by atoms with Crippen molar-refractivity contribution in [3.8, 4) is 5.00 Å². The Kier molecular flexibility index (Phi) is 15.8. The van der Waals surface area contributed by atoms with Gasteiger partial charge in [-0.1, -0.05) is 51.4 Å². The number of halogens is 1. The summed E-state index contributed by atoms with van der Waals surface area (Å²) in [5, 5.41) is 25.7. The number of carbonyl (C=O) groups excluding carboxylic acids is 8. The molecule has 3 aliphatic heterocycles. The van der Waals surface area contributed by atoms with Crippen molar-refractivity contribution in [2.75, 3.05) is 31.1 Å². The molecule has 0 saturated carbocycles. The maximum Gasteiger partial charge on any atom is 0.246 e. The van der Waals surface area contributed by atoms with Gasteiger partial charge in [0.05, 0.1) is 24.4 Å². The van der Waals surface area contributed by atoms with E-state index < -0.39 is 102 Å². The second-order valence-electron chi connectivity index (χ2n) is 18.2. The summed E-state index contributed by atoms with van der Waals surface area (Å²) in [4.78, 5) is 116. The lowest BCUT2D eigenvalue weighted by Gasteiger charge is -2.35. The predicted molar refractivity (Wildman–Crippen MR) is 253 cm³/mol. The molecule has 2 fully saturated rings. The van der Waals surface area contributed by atoms with E-state index in [-0.39, 0.29) is 30.4 Å². The van der Waals surface area contributed by atoms with Crippen molar-refractivity contribution < 1.29 is 38.4 Å². The van der Waals surface area contributed by atoms with Crippen LogP contribution >= 0.6 is 34.7 Å². The molecule has 360 valence electrons. The van der Waals surface area contributed by atoms with Gasteiger partial charge < -0.3 is 42.5 Å². The van der Waals surface area contributed by atoms with Crippen molar-refractivity contribution in [3.05, 3.63) is 62.5 Å². The van der Waals surface area contributed by atoms with E-state index >= 15 is 0 Å². The van der Waals surface area contributed by atoms with E-state index in [0.29, 0.717) is 28.8 Å². The summed E-state index contributed by atoms with van der Waals surface area (Å²) in [5.74, 6) is -5.06. The quantitative estimate of drug-likeness (QED) is 0.182. The molecule has 67 heavy (non-hydrogen) atoms. The number of hydrogen-bond acceptors (Lipinski definition) is 13. The fraction of sp³-hybridized carbons (Fsp3) is 0.523. The Balaban J connectivity index is 1.23. The van der Waals surface area contributed by atoms with Gasteiger partial charge in [0.1, 0.15) is 47.1 Å². The van der Waals surface area contributed by atoms with Gasteiger partial charge >= 0.3 is 0 Å². The number of rotatable bonds is 6. The molecule has 7 atom stereocenters. The van der Waals surface area contributed by atoms with Gasteiger partial charge in [0, 0.05) is 39.9 Å². The number of hydrogen-bond donors (Lipinski definition) is 7. The lowest BCUT2D eigenvalue weighted by atomic mass is 9.85. The van der Waals surface area contributed by atoms with Crippen molar-refractivity contribution in [1.82, 2.24) is 51.6 Å². The van der Waals surface area contributed by atoms with Crippen LogP contribution in [0.5, 0.6) is 0 Å². The first kappa shape index (κ1) is 50.5. The molecule has 0 bridgehead atoms. The summed E-state index contributed by atoms with van der Waals surface area (Å²) in [6, 6.07) is 0.373. The van der Waals surface area contributed by atoms with E-state index in [4.69, 9.17) is 22.3 Å². The standard InChI is InChI=1S/C44H57ClN12O8S2/c1-20-13-30-41(64)49-22(3)39(62)48-16-32(59)50-28(40(63)52-29(37(46)61)18-66-19-33(60)53-36(44(6,7)8)42(65)56(30)17-20)15-47-31(58)14-27-38-55-54-24(5)57(38)43-34(21(2)23(4)67-43)35(51-27)25-9-11-26(45)12-10-25/h9-12,20,22,27-30,36H,13-19H2,1-8H3,(H2,46,61)(H,47,58)(H,48,62)(H,49,64)(H,50,59)(H,52,63)(H,53,60)/t20-,22-,27+,28-,29-,30+,36-/m1/s1. The zero-order valence-electron chi connectivity index (χ0n) is 38.6. The van der Waals surface area contributed by atoms with Gasteiger partial charge in [-0.05, 0) is 63.1 Å². The number of nitrogens with one attached hydrogen (secondary N) is 6. The average molecular weight is 982 g/mol. The van der Waals surface area contributed by atoms with Gasteiger partial charge in [-0.15, -0.1) is 33.3 Å². The summed E-state index contributed by atoms with van der Waals surface area (Å²) >= 11 is 8.77. The van der Waals surface area contributed by atoms with Gasteiger partial charge in [0.2, 0.25) is 47.3 Å². The highest BCUT2D eigenvalue weighted by Gasteiger charge is 2.44. The van der Waals surface area contributed by atoms with Crippen LogP contribution in [0, 0.1) is 32.1 Å². The highest BCUT2D eigenvalue weighted by Crippen LogP contribution is 2.39. The number of aryl methyl sites for hydroxylation is 2. The van der Waals surface area contributed by atoms with Crippen LogP contribution in [0.4, 0.5) is 0 Å². The van der Waals surface area contributed by atoms with Crippen molar-refractivity contribution >= 4 is 87.7 Å². The van der Waals surface area contributed by atoms with Gasteiger partial charge in [0.25, 0.3) is 0 Å². The van der Waals surface area contributed by atoms with Crippen LogP contribution in [0.2, 0.25) is 5.02 Å². The lowest BCUT2D eigenvalue weighted by Crippen LogP contribution is -2.59. The maximum absolute atomic E-state index is 14.1. The zero-order chi connectivity index (χ0) is 49.1. The molecule has 6 rings (SSSR count). The van der Waals surface area contributed by atoms with Crippen LogP contribution in [-0.4, -0.2) is 134 Å². The lowest BCUT2D eigenvalue weighted by molar-refractivity contribution is -0.144. The fourth-order valence-electron chi connectivity index (χ4n) is 8.04. The minimum Gasteiger partial charge on any atom is -0.368 e. The number of nitrogens with two attached hydrogens (primary N) is 1. The van der Waals surface area contributed by atoms with E-state index in [1.165, 1.54) is 11.8 Å². The number of primary amides is 1. The summed E-state index contributed by atoms with van der Waals surface area (Å²) in [6.45, 7) is 13.6. The minimum atomic E-state index is -1.51. The molecule has 3 aromatic rings. The molecule has 8 N–H and O–H groups in total. The highest BCUT2D eigenvalue weighted by molar-refractivity contribution is 8.00. The van der Waals surface area contributed by atoms with E-state index in [9.17, 15) is 38.4 Å². The van der Waals surface area contributed by atoms with Crippen molar-refractivity contribution in [3.63, 3.8) is 0 Å².